The third-order valence-electron chi connectivity index (χ3n) is 3.90. The Kier molecular flexibility index (Phi) is 4.86. The Balaban J connectivity index is 2.56. The molecule has 0 saturated heterocycles. The van der Waals surface area contributed by atoms with Crippen molar-refractivity contribution in [2.45, 2.75) is 19.8 Å². The number of hydrogen-bond donors (Lipinski definition) is 1. The normalized spacial score (nSPS) is 12.0. The summed E-state index contributed by atoms with van der Waals surface area (Å²) < 4.78 is 10.7. The van der Waals surface area contributed by atoms with Crippen LogP contribution in [0.2, 0.25) is 0 Å². The van der Waals surface area contributed by atoms with Gasteiger partial charge in [-0.05, 0) is 48.2 Å². The molecule has 0 fully saturated rings. The molecule has 3 heteroatoms. The molecule has 3 nitrogen and oxygen atoms in total. The Morgan fingerprint density at radius 2 is 1.48 bits per heavy atom. The van der Waals surface area contributed by atoms with Gasteiger partial charge in [-0.1, -0.05) is 18.2 Å². The van der Waals surface area contributed by atoms with Crippen molar-refractivity contribution in [2.75, 3.05) is 20.8 Å². The number of ether oxygens (including phenoxy) is 2. The van der Waals surface area contributed by atoms with Gasteiger partial charge in [0.25, 0.3) is 0 Å². The zero-order valence-electron chi connectivity index (χ0n) is 13.1. The molecule has 2 aromatic rings. The monoisotopic (exact) mass is 285 g/mol. The molecule has 0 heterocycles. The zero-order chi connectivity index (χ0) is 15.4. The first-order valence-corrected chi connectivity index (χ1v) is 7.09. The summed E-state index contributed by atoms with van der Waals surface area (Å²) in [5.74, 6) is 1.71. The van der Waals surface area contributed by atoms with E-state index in [2.05, 4.69) is 32.0 Å². The van der Waals surface area contributed by atoms with Gasteiger partial charge in [0.05, 0.1) is 14.2 Å². The van der Waals surface area contributed by atoms with Crippen molar-refractivity contribution in [1.29, 1.82) is 0 Å². The molecule has 2 N–H and O–H groups in total. The minimum atomic E-state index is 0.134. The third-order valence-corrected chi connectivity index (χ3v) is 3.90. The van der Waals surface area contributed by atoms with Crippen LogP contribution >= 0.6 is 0 Å². The van der Waals surface area contributed by atoms with Crippen molar-refractivity contribution in [3.63, 3.8) is 0 Å². The van der Waals surface area contributed by atoms with Gasteiger partial charge in [0.15, 0.2) is 0 Å². The van der Waals surface area contributed by atoms with Gasteiger partial charge in [-0.15, -0.1) is 0 Å². The molecule has 0 unspecified atom stereocenters. The fourth-order valence-corrected chi connectivity index (χ4v) is 2.83. The standard InChI is InChI=1S/C18H23NO2/c1-12-6-5-7-13(2)18(12)17(11-19)14-8-15(20-3)10-16(9-14)21-4/h5-10,17H,11,19H2,1-4H3/t17-/m1/s1. The summed E-state index contributed by atoms with van der Waals surface area (Å²) in [6.07, 6.45) is 0. The SMILES string of the molecule is COc1cc(OC)cc([C@@H](CN)c2c(C)cccc2C)c1. The number of methoxy groups -OCH3 is 2. The van der Waals surface area contributed by atoms with Crippen LogP contribution in [0.15, 0.2) is 36.4 Å². The van der Waals surface area contributed by atoms with Crippen LogP contribution in [0, 0.1) is 13.8 Å². The highest BCUT2D eigenvalue weighted by Crippen LogP contribution is 2.33. The highest BCUT2D eigenvalue weighted by Gasteiger charge is 2.18. The fraction of sp³-hybridized carbons (Fsp3) is 0.333. The molecule has 0 bridgehead atoms. The lowest BCUT2D eigenvalue weighted by Gasteiger charge is -2.22. The number of aryl methyl sites for hydroxylation is 2. The van der Waals surface area contributed by atoms with E-state index in [0.29, 0.717) is 6.54 Å². The first-order chi connectivity index (χ1) is 10.1. The van der Waals surface area contributed by atoms with E-state index in [4.69, 9.17) is 15.2 Å². The Labute approximate surface area is 126 Å². The van der Waals surface area contributed by atoms with Crippen LogP contribution in [-0.2, 0) is 0 Å². The Morgan fingerprint density at radius 1 is 0.952 bits per heavy atom. The van der Waals surface area contributed by atoms with Gasteiger partial charge in [-0.3, -0.25) is 0 Å². The van der Waals surface area contributed by atoms with E-state index in [1.165, 1.54) is 16.7 Å². The van der Waals surface area contributed by atoms with E-state index in [0.717, 1.165) is 17.1 Å². The second kappa shape index (κ2) is 6.64. The molecule has 2 aromatic carbocycles. The summed E-state index contributed by atoms with van der Waals surface area (Å²) in [5.41, 5.74) is 11.0. The van der Waals surface area contributed by atoms with E-state index < -0.39 is 0 Å². The Hall–Kier alpha value is -2.00. The smallest absolute Gasteiger partial charge is 0.122 e. The molecule has 0 aliphatic carbocycles. The van der Waals surface area contributed by atoms with Gasteiger partial charge in [-0.2, -0.15) is 0 Å². The van der Waals surface area contributed by atoms with Crippen molar-refractivity contribution < 1.29 is 9.47 Å². The van der Waals surface area contributed by atoms with Crippen molar-refractivity contribution in [2.24, 2.45) is 5.73 Å². The molecule has 2 rings (SSSR count). The second-order valence-corrected chi connectivity index (χ2v) is 5.24. The molecule has 0 saturated carbocycles. The van der Waals surface area contributed by atoms with Crippen LogP contribution in [0.5, 0.6) is 11.5 Å². The zero-order valence-corrected chi connectivity index (χ0v) is 13.1. The first-order valence-electron chi connectivity index (χ1n) is 7.09. The summed E-state index contributed by atoms with van der Waals surface area (Å²) in [6.45, 7) is 4.80. The summed E-state index contributed by atoms with van der Waals surface area (Å²) in [4.78, 5) is 0. The summed E-state index contributed by atoms with van der Waals surface area (Å²) in [7, 11) is 3.32. The van der Waals surface area contributed by atoms with E-state index in [9.17, 15) is 0 Å². The van der Waals surface area contributed by atoms with Crippen LogP contribution in [0.4, 0.5) is 0 Å². The molecule has 0 aliphatic rings. The molecule has 0 amide bonds. The number of rotatable bonds is 5. The average Bonchev–Trinajstić information content (AvgIpc) is 2.50. The maximum atomic E-state index is 6.08. The molecule has 21 heavy (non-hydrogen) atoms. The molecule has 1 atom stereocenters. The lowest BCUT2D eigenvalue weighted by Crippen LogP contribution is -2.16. The fourth-order valence-electron chi connectivity index (χ4n) is 2.83. The first kappa shape index (κ1) is 15.4. The minimum Gasteiger partial charge on any atom is -0.497 e. The van der Waals surface area contributed by atoms with E-state index in [1.807, 2.05) is 18.2 Å². The Bertz CT molecular complexity index is 580. The van der Waals surface area contributed by atoms with Gasteiger partial charge >= 0.3 is 0 Å². The van der Waals surface area contributed by atoms with Crippen LogP contribution in [0.3, 0.4) is 0 Å². The quantitative estimate of drug-likeness (QED) is 0.915. The minimum absolute atomic E-state index is 0.134. The molecular weight excluding hydrogens is 262 g/mol. The van der Waals surface area contributed by atoms with Crippen molar-refractivity contribution in [3.8, 4) is 11.5 Å². The molecule has 0 aromatic heterocycles. The predicted octanol–water partition coefficient (Wildman–Crippen LogP) is 3.41. The van der Waals surface area contributed by atoms with Crippen LogP contribution < -0.4 is 15.2 Å². The maximum absolute atomic E-state index is 6.08. The van der Waals surface area contributed by atoms with Crippen LogP contribution in [-0.4, -0.2) is 20.8 Å². The molecule has 0 aliphatic heterocycles. The topological polar surface area (TPSA) is 44.5 Å². The number of nitrogens with two attached hydrogens (primary N) is 1. The van der Waals surface area contributed by atoms with Gasteiger partial charge in [0.2, 0.25) is 0 Å². The predicted molar refractivity (Wildman–Crippen MR) is 86.4 cm³/mol. The highest BCUT2D eigenvalue weighted by atomic mass is 16.5. The van der Waals surface area contributed by atoms with E-state index >= 15 is 0 Å². The number of hydrogen-bond acceptors (Lipinski definition) is 3. The maximum Gasteiger partial charge on any atom is 0.122 e. The summed E-state index contributed by atoms with van der Waals surface area (Å²) >= 11 is 0. The third kappa shape index (κ3) is 3.19. The lowest BCUT2D eigenvalue weighted by molar-refractivity contribution is 0.393. The van der Waals surface area contributed by atoms with E-state index in [1.54, 1.807) is 14.2 Å². The van der Waals surface area contributed by atoms with Gasteiger partial charge < -0.3 is 15.2 Å². The van der Waals surface area contributed by atoms with Crippen LogP contribution in [0.25, 0.3) is 0 Å². The highest BCUT2D eigenvalue weighted by molar-refractivity contribution is 5.47. The molecule has 0 spiro atoms. The summed E-state index contributed by atoms with van der Waals surface area (Å²) in [6, 6.07) is 12.3. The molecule has 112 valence electrons. The molecule has 0 radical (unpaired) electrons. The number of benzene rings is 2. The summed E-state index contributed by atoms with van der Waals surface area (Å²) in [5, 5.41) is 0. The van der Waals surface area contributed by atoms with Crippen molar-refractivity contribution in [1.82, 2.24) is 0 Å². The van der Waals surface area contributed by atoms with Gasteiger partial charge in [-0.25, -0.2) is 0 Å². The largest absolute Gasteiger partial charge is 0.497 e. The lowest BCUT2D eigenvalue weighted by atomic mass is 9.85. The molecular formula is C18H23NO2. The average molecular weight is 285 g/mol. The van der Waals surface area contributed by atoms with Gasteiger partial charge in [0.1, 0.15) is 11.5 Å². The van der Waals surface area contributed by atoms with Crippen LogP contribution in [0.1, 0.15) is 28.2 Å². The Morgan fingerprint density at radius 3 is 1.90 bits per heavy atom. The van der Waals surface area contributed by atoms with Crippen molar-refractivity contribution in [3.05, 3.63) is 58.7 Å². The van der Waals surface area contributed by atoms with Gasteiger partial charge in [0, 0.05) is 18.5 Å². The van der Waals surface area contributed by atoms with Crippen molar-refractivity contribution >= 4 is 0 Å². The second-order valence-electron chi connectivity index (χ2n) is 5.24. The van der Waals surface area contributed by atoms with E-state index in [-0.39, 0.29) is 5.92 Å².